The molecule has 2 rings (SSSR count). The van der Waals surface area contributed by atoms with Gasteiger partial charge < -0.3 is 14.8 Å². The third kappa shape index (κ3) is 5.70. The van der Waals surface area contributed by atoms with Crippen LogP contribution in [0.1, 0.15) is 30.5 Å². The zero-order valence-corrected chi connectivity index (χ0v) is 16.4. The van der Waals surface area contributed by atoms with Gasteiger partial charge in [-0.3, -0.25) is 4.79 Å². The lowest BCUT2D eigenvalue weighted by atomic mass is 10.1. The molecule has 0 saturated carbocycles. The molecule has 0 aliphatic heterocycles. The quantitative estimate of drug-likeness (QED) is 0.716. The summed E-state index contributed by atoms with van der Waals surface area (Å²) in [7, 11) is -0.577. The van der Waals surface area contributed by atoms with E-state index in [1.165, 1.54) is 12.1 Å². The van der Waals surface area contributed by atoms with Gasteiger partial charge in [0, 0.05) is 6.42 Å². The van der Waals surface area contributed by atoms with E-state index < -0.39 is 10.0 Å². The van der Waals surface area contributed by atoms with Crippen molar-refractivity contribution in [2.75, 3.05) is 14.2 Å². The van der Waals surface area contributed by atoms with Gasteiger partial charge in [0.25, 0.3) is 0 Å². The second kappa shape index (κ2) is 8.88. The summed E-state index contributed by atoms with van der Waals surface area (Å²) in [5.74, 6) is 1.13. The molecule has 7 nitrogen and oxygen atoms in total. The molecule has 0 unspecified atom stereocenters. The number of ether oxygens (including phenoxy) is 2. The first-order chi connectivity index (χ1) is 12.7. The van der Waals surface area contributed by atoms with Crippen LogP contribution in [0.15, 0.2) is 47.4 Å². The average molecular weight is 392 g/mol. The molecule has 146 valence electrons. The van der Waals surface area contributed by atoms with E-state index in [1.54, 1.807) is 32.4 Å². The van der Waals surface area contributed by atoms with Gasteiger partial charge in [-0.15, -0.1) is 0 Å². The minimum Gasteiger partial charge on any atom is -0.493 e. The predicted octanol–water partition coefficient (Wildman–Crippen LogP) is 2.16. The number of benzene rings is 2. The molecular formula is C19H24N2O5S. The first kappa shape index (κ1) is 20.7. The Labute approximate surface area is 159 Å². The van der Waals surface area contributed by atoms with Gasteiger partial charge in [0.15, 0.2) is 11.5 Å². The van der Waals surface area contributed by atoms with Crippen molar-refractivity contribution in [3.63, 3.8) is 0 Å². The Kier molecular flexibility index (Phi) is 6.81. The van der Waals surface area contributed by atoms with Crippen molar-refractivity contribution >= 4 is 15.9 Å². The van der Waals surface area contributed by atoms with Gasteiger partial charge >= 0.3 is 0 Å². The van der Waals surface area contributed by atoms with E-state index in [-0.39, 0.29) is 23.3 Å². The number of amides is 1. The van der Waals surface area contributed by atoms with Crippen LogP contribution in [0.2, 0.25) is 0 Å². The lowest BCUT2D eigenvalue weighted by Gasteiger charge is -2.16. The highest BCUT2D eigenvalue weighted by atomic mass is 32.2. The zero-order valence-electron chi connectivity index (χ0n) is 15.6. The van der Waals surface area contributed by atoms with E-state index in [4.69, 9.17) is 14.6 Å². The fourth-order valence-electron chi connectivity index (χ4n) is 2.62. The lowest BCUT2D eigenvalue weighted by molar-refractivity contribution is -0.121. The number of nitrogens with one attached hydrogen (secondary N) is 1. The summed E-state index contributed by atoms with van der Waals surface area (Å²) < 4.78 is 33.0. The second-order valence-corrected chi connectivity index (χ2v) is 7.65. The molecule has 0 radical (unpaired) electrons. The first-order valence-corrected chi connectivity index (χ1v) is 9.92. The van der Waals surface area contributed by atoms with Crippen LogP contribution < -0.4 is 19.9 Å². The molecule has 0 aromatic heterocycles. The number of carbonyl (C=O) groups is 1. The van der Waals surface area contributed by atoms with Crippen LogP contribution in [0.4, 0.5) is 0 Å². The summed E-state index contributed by atoms with van der Waals surface area (Å²) in [4.78, 5) is 12.3. The van der Waals surface area contributed by atoms with Crippen LogP contribution in [0, 0.1) is 0 Å². The summed E-state index contributed by atoms with van der Waals surface area (Å²) in [5, 5.41) is 8.01. The highest BCUT2D eigenvalue weighted by Crippen LogP contribution is 2.29. The molecule has 0 bridgehead atoms. The van der Waals surface area contributed by atoms with Crippen molar-refractivity contribution in [3.8, 4) is 11.5 Å². The molecule has 3 N–H and O–H groups in total. The zero-order chi connectivity index (χ0) is 20.0. The first-order valence-electron chi connectivity index (χ1n) is 8.37. The Hall–Kier alpha value is -2.58. The molecule has 8 heteroatoms. The normalized spacial score (nSPS) is 12.3. The Morgan fingerprint density at radius 1 is 1.07 bits per heavy atom. The molecule has 1 atom stereocenters. The van der Waals surface area contributed by atoms with Gasteiger partial charge in [-0.1, -0.05) is 18.2 Å². The minimum atomic E-state index is -3.71. The van der Waals surface area contributed by atoms with Crippen molar-refractivity contribution in [1.29, 1.82) is 0 Å². The molecule has 2 aromatic rings. The summed E-state index contributed by atoms with van der Waals surface area (Å²) in [5.41, 5.74) is 1.76. The maximum Gasteiger partial charge on any atom is 0.238 e. The molecule has 27 heavy (non-hydrogen) atoms. The molecule has 1 amide bonds. The number of aryl methyl sites for hydroxylation is 1. The molecule has 0 aliphatic rings. The Balaban J connectivity index is 1.93. The van der Waals surface area contributed by atoms with Crippen molar-refractivity contribution in [3.05, 3.63) is 53.6 Å². The average Bonchev–Trinajstić information content (AvgIpc) is 2.65. The number of primary sulfonamides is 1. The highest BCUT2D eigenvalue weighted by Gasteiger charge is 2.13. The van der Waals surface area contributed by atoms with Gasteiger partial charge in [0.1, 0.15) is 0 Å². The minimum absolute atomic E-state index is 0.0535. The van der Waals surface area contributed by atoms with Gasteiger partial charge in [0.05, 0.1) is 25.2 Å². The number of rotatable bonds is 8. The fourth-order valence-corrected chi connectivity index (χ4v) is 3.14. The number of sulfonamides is 1. The summed E-state index contributed by atoms with van der Waals surface area (Å²) in [6.45, 7) is 1.89. The highest BCUT2D eigenvalue weighted by molar-refractivity contribution is 7.89. The Morgan fingerprint density at radius 3 is 2.26 bits per heavy atom. The van der Waals surface area contributed by atoms with Crippen LogP contribution >= 0.6 is 0 Å². The van der Waals surface area contributed by atoms with E-state index >= 15 is 0 Å². The van der Waals surface area contributed by atoms with Crippen molar-refractivity contribution < 1.29 is 22.7 Å². The van der Waals surface area contributed by atoms with Gasteiger partial charge in [-0.05, 0) is 48.7 Å². The predicted molar refractivity (Wildman–Crippen MR) is 102 cm³/mol. The fraction of sp³-hybridized carbons (Fsp3) is 0.316. The largest absolute Gasteiger partial charge is 0.493 e. The van der Waals surface area contributed by atoms with E-state index in [2.05, 4.69) is 5.32 Å². The lowest BCUT2D eigenvalue weighted by Crippen LogP contribution is -2.26. The number of hydrogen-bond donors (Lipinski definition) is 2. The molecule has 0 aliphatic carbocycles. The Bertz CT molecular complexity index is 895. The van der Waals surface area contributed by atoms with Crippen LogP contribution in [0.3, 0.4) is 0 Å². The van der Waals surface area contributed by atoms with E-state index in [0.717, 1.165) is 11.1 Å². The van der Waals surface area contributed by atoms with E-state index in [0.29, 0.717) is 17.9 Å². The number of nitrogens with two attached hydrogens (primary N) is 1. The maximum absolute atomic E-state index is 12.2. The molecule has 0 fully saturated rings. The second-order valence-electron chi connectivity index (χ2n) is 6.09. The van der Waals surface area contributed by atoms with Crippen LogP contribution in [-0.2, 0) is 21.2 Å². The van der Waals surface area contributed by atoms with Crippen molar-refractivity contribution in [1.82, 2.24) is 5.32 Å². The third-order valence-electron chi connectivity index (χ3n) is 4.18. The van der Waals surface area contributed by atoms with Crippen LogP contribution in [0.25, 0.3) is 0 Å². The standard InChI is InChI=1S/C19H24N2O5S/c1-13(15-7-10-17(25-2)18(12-15)26-3)21-19(22)11-6-14-4-8-16(9-5-14)27(20,23)24/h4-5,7-10,12-13H,6,11H2,1-3H3,(H,21,22)(H2,20,23,24)/t13-/m0/s1. The number of carbonyl (C=O) groups excluding carboxylic acids is 1. The molecule has 0 spiro atoms. The topological polar surface area (TPSA) is 108 Å². The maximum atomic E-state index is 12.2. The smallest absolute Gasteiger partial charge is 0.238 e. The third-order valence-corrected chi connectivity index (χ3v) is 5.11. The van der Waals surface area contributed by atoms with Crippen molar-refractivity contribution in [2.45, 2.75) is 30.7 Å². The van der Waals surface area contributed by atoms with Gasteiger partial charge in [-0.2, -0.15) is 0 Å². The van der Waals surface area contributed by atoms with Crippen molar-refractivity contribution in [2.24, 2.45) is 5.14 Å². The summed E-state index contributed by atoms with van der Waals surface area (Å²) in [6.07, 6.45) is 0.780. The monoisotopic (exact) mass is 392 g/mol. The van der Waals surface area contributed by atoms with E-state index in [1.807, 2.05) is 19.1 Å². The molecule has 2 aromatic carbocycles. The Morgan fingerprint density at radius 2 is 1.70 bits per heavy atom. The SMILES string of the molecule is COc1ccc([C@H](C)NC(=O)CCc2ccc(S(N)(=O)=O)cc2)cc1OC. The van der Waals surface area contributed by atoms with Crippen LogP contribution in [0.5, 0.6) is 11.5 Å². The van der Waals surface area contributed by atoms with E-state index in [9.17, 15) is 13.2 Å². The van der Waals surface area contributed by atoms with Gasteiger partial charge in [-0.25, -0.2) is 13.6 Å². The van der Waals surface area contributed by atoms with Crippen LogP contribution in [-0.4, -0.2) is 28.5 Å². The summed E-state index contributed by atoms with van der Waals surface area (Å²) in [6, 6.07) is 11.5. The molecule has 0 saturated heterocycles. The molecule has 0 heterocycles. The molecular weight excluding hydrogens is 368 g/mol. The number of methoxy groups -OCH3 is 2. The number of hydrogen-bond acceptors (Lipinski definition) is 5. The van der Waals surface area contributed by atoms with Gasteiger partial charge in [0.2, 0.25) is 15.9 Å². The summed E-state index contributed by atoms with van der Waals surface area (Å²) >= 11 is 0.